The molecule has 1 heterocycles. The summed E-state index contributed by atoms with van der Waals surface area (Å²) in [5.74, 6) is -0.981. The molecule has 43 heavy (non-hydrogen) atoms. The number of rotatable bonds is 12. The van der Waals surface area contributed by atoms with Gasteiger partial charge in [-0.2, -0.15) is 0 Å². The van der Waals surface area contributed by atoms with Crippen molar-refractivity contribution in [2.24, 2.45) is 0 Å². The van der Waals surface area contributed by atoms with Crippen molar-refractivity contribution in [1.82, 2.24) is 15.2 Å². The van der Waals surface area contributed by atoms with Crippen molar-refractivity contribution in [2.75, 3.05) is 34.4 Å². The van der Waals surface area contributed by atoms with Crippen LogP contribution in [0.2, 0.25) is 5.02 Å². The second-order valence-electron chi connectivity index (χ2n) is 11.2. The molecule has 8 nitrogen and oxygen atoms in total. The number of ether oxygens (including phenoxy) is 2. The lowest BCUT2D eigenvalue weighted by Gasteiger charge is -2.33. The minimum absolute atomic E-state index is 0. The number of carboxylic acids is 1. The highest BCUT2D eigenvalue weighted by Crippen LogP contribution is 2.37. The summed E-state index contributed by atoms with van der Waals surface area (Å²) < 4.78 is 11.4. The van der Waals surface area contributed by atoms with Crippen LogP contribution in [0.3, 0.4) is 0 Å². The average Bonchev–Trinajstić information content (AvgIpc) is 2.97. The van der Waals surface area contributed by atoms with Gasteiger partial charge in [-0.25, -0.2) is 9.78 Å². The van der Waals surface area contributed by atoms with E-state index in [1.165, 1.54) is 0 Å². The first kappa shape index (κ1) is 34.3. The van der Waals surface area contributed by atoms with Crippen molar-refractivity contribution in [3.63, 3.8) is 0 Å². The van der Waals surface area contributed by atoms with Gasteiger partial charge in [-0.3, -0.25) is 4.79 Å². The fraction of sp³-hybridized carbons (Fsp3) is 0.424. The monoisotopic (exact) mass is 629 g/mol. The van der Waals surface area contributed by atoms with Gasteiger partial charge in [0.05, 0.1) is 23.9 Å². The molecule has 1 aromatic heterocycles. The van der Waals surface area contributed by atoms with Crippen LogP contribution in [0, 0.1) is 6.92 Å². The van der Waals surface area contributed by atoms with Crippen molar-refractivity contribution in [3.8, 4) is 28.1 Å². The van der Waals surface area contributed by atoms with Crippen molar-refractivity contribution < 1.29 is 24.2 Å². The predicted molar refractivity (Wildman–Crippen MR) is 172 cm³/mol. The second-order valence-corrected chi connectivity index (χ2v) is 11.6. The number of halogens is 2. The van der Waals surface area contributed by atoms with Crippen LogP contribution in [0.5, 0.6) is 5.75 Å². The van der Waals surface area contributed by atoms with Crippen LogP contribution in [0.25, 0.3) is 22.4 Å². The van der Waals surface area contributed by atoms with Gasteiger partial charge in [-0.15, -0.1) is 12.4 Å². The first-order valence-corrected chi connectivity index (χ1v) is 14.7. The van der Waals surface area contributed by atoms with E-state index in [0.717, 1.165) is 60.0 Å². The second kappa shape index (κ2) is 15.5. The average molecular weight is 631 g/mol. The van der Waals surface area contributed by atoms with Crippen molar-refractivity contribution in [2.45, 2.75) is 57.6 Å². The number of aromatic nitrogens is 1. The third-order valence-corrected chi connectivity index (χ3v) is 8.02. The van der Waals surface area contributed by atoms with E-state index < -0.39 is 17.4 Å². The van der Waals surface area contributed by atoms with Gasteiger partial charge in [0.2, 0.25) is 0 Å². The Balaban J connectivity index is 0.00000506. The molecule has 1 saturated carbocycles. The molecule has 0 aliphatic heterocycles. The first-order valence-electron chi connectivity index (χ1n) is 14.4. The number of pyridine rings is 1. The van der Waals surface area contributed by atoms with Crippen LogP contribution < -0.4 is 10.1 Å². The minimum atomic E-state index is -1.28. The zero-order valence-electron chi connectivity index (χ0n) is 25.2. The summed E-state index contributed by atoms with van der Waals surface area (Å²) >= 11 is 6.51. The highest BCUT2D eigenvalue weighted by molar-refractivity contribution is 6.32. The molecule has 2 N–H and O–H groups in total. The molecule has 1 amide bonds. The molecule has 10 heteroatoms. The van der Waals surface area contributed by atoms with E-state index in [0.29, 0.717) is 42.5 Å². The van der Waals surface area contributed by atoms with E-state index in [-0.39, 0.29) is 18.1 Å². The Morgan fingerprint density at radius 3 is 2.47 bits per heavy atom. The zero-order valence-corrected chi connectivity index (χ0v) is 26.8. The van der Waals surface area contributed by atoms with Crippen molar-refractivity contribution in [3.05, 3.63) is 70.4 Å². The number of carbonyl (C=O) groups excluding carboxylic acids is 1. The van der Waals surface area contributed by atoms with Crippen LogP contribution >= 0.6 is 24.0 Å². The number of carbonyl (C=O) groups is 2. The van der Waals surface area contributed by atoms with E-state index in [1.807, 2.05) is 51.4 Å². The quantitative estimate of drug-likeness (QED) is 0.213. The van der Waals surface area contributed by atoms with Crippen LogP contribution in [-0.4, -0.2) is 66.8 Å². The molecule has 0 unspecified atom stereocenters. The van der Waals surface area contributed by atoms with Crippen molar-refractivity contribution in [1.29, 1.82) is 0 Å². The largest absolute Gasteiger partial charge is 0.492 e. The van der Waals surface area contributed by atoms with Gasteiger partial charge >= 0.3 is 5.97 Å². The molecule has 3 aromatic rings. The Labute approximate surface area is 265 Å². The number of amides is 1. The highest BCUT2D eigenvalue weighted by Gasteiger charge is 2.41. The molecule has 0 radical (unpaired) electrons. The van der Waals surface area contributed by atoms with Gasteiger partial charge in [-0.1, -0.05) is 49.1 Å². The number of benzene rings is 2. The number of methoxy groups -OCH3 is 1. The number of hydrogen-bond acceptors (Lipinski definition) is 6. The molecule has 4 rings (SSSR count). The summed E-state index contributed by atoms with van der Waals surface area (Å²) in [5, 5.41) is 13.3. The lowest BCUT2D eigenvalue weighted by molar-refractivity contribution is -0.145. The summed E-state index contributed by atoms with van der Waals surface area (Å²) in [7, 11) is 5.68. The summed E-state index contributed by atoms with van der Waals surface area (Å²) in [6.45, 7) is 3.87. The molecular formula is C33H41Cl2N3O5. The number of aliphatic carboxylic acids is 1. The molecule has 0 saturated heterocycles. The lowest BCUT2D eigenvalue weighted by atomic mass is 9.81. The van der Waals surface area contributed by atoms with Crippen LogP contribution in [0.15, 0.2) is 48.5 Å². The molecule has 1 fully saturated rings. The van der Waals surface area contributed by atoms with Gasteiger partial charge in [0, 0.05) is 24.8 Å². The molecular weight excluding hydrogens is 589 g/mol. The van der Waals surface area contributed by atoms with Gasteiger partial charge in [0.25, 0.3) is 5.91 Å². The van der Waals surface area contributed by atoms with Gasteiger partial charge in [0.1, 0.15) is 17.0 Å². The molecule has 1 aliphatic carbocycles. The molecule has 2 aromatic carbocycles. The number of aryl methyl sites for hydroxylation is 1. The maximum atomic E-state index is 13.5. The van der Waals surface area contributed by atoms with E-state index in [2.05, 4.69) is 16.3 Å². The maximum Gasteiger partial charge on any atom is 0.329 e. The van der Waals surface area contributed by atoms with E-state index >= 15 is 0 Å². The standard InChI is InChI=1S/C33H40ClN3O5.ClH/c1-22-9-10-23(21-41-4)19-26(22)25-12-14-28(31(38)36-33(32(39)40)15-6-5-7-16-33)35-30(25)24-11-13-27(34)29(20-24)42-18-8-17-37(2)3;/h9-14,19-20H,5-8,15-18,21H2,1-4H3,(H,36,38)(H,39,40);1H. The minimum Gasteiger partial charge on any atom is -0.492 e. The Hall–Kier alpha value is -3.17. The summed E-state index contributed by atoms with van der Waals surface area (Å²) in [6, 6.07) is 15.1. The Morgan fingerprint density at radius 1 is 1.05 bits per heavy atom. The van der Waals surface area contributed by atoms with Crippen molar-refractivity contribution >= 4 is 35.9 Å². The topological polar surface area (TPSA) is 101 Å². The third kappa shape index (κ3) is 8.48. The fourth-order valence-electron chi connectivity index (χ4n) is 5.39. The number of carboxylic acid groups (broad SMARTS) is 1. The van der Waals surface area contributed by atoms with Gasteiger partial charge in [0.15, 0.2) is 0 Å². The molecule has 0 spiro atoms. The molecule has 0 atom stereocenters. The third-order valence-electron chi connectivity index (χ3n) is 7.71. The van der Waals surface area contributed by atoms with E-state index in [4.69, 9.17) is 26.1 Å². The summed E-state index contributed by atoms with van der Waals surface area (Å²) in [6.07, 6.45) is 4.10. The van der Waals surface area contributed by atoms with E-state index in [9.17, 15) is 14.7 Å². The van der Waals surface area contributed by atoms with Gasteiger partial charge in [-0.05, 0) is 87.3 Å². The molecule has 0 bridgehead atoms. The van der Waals surface area contributed by atoms with Crippen LogP contribution in [-0.2, 0) is 16.1 Å². The summed E-state index contributed by atoms with van der Waals surface area (Å²) in [5.41, 5.74) is 3.99. The van der Waals surface area contributed by atoms with Gasteiger partial charge < -0.3 is 24.8 Å². The molecule has 232 valence electrons. The normalized spacial score (nSPS) is 14.2. The Bertz CT molecular complexity index is 1420. The number of hydrogen-bond donors (Lipinski definition) is 2. The highest BCUT2D eigenvalue weighted by atomic mass is 35.5. The zero-order chi connectivity index (χ0) is 30.3. The molecule has 1 aliphatic rings. The first-order chi connectivity index (χ1) is 20.1. The Kier molecular flexibility index (Phi) is 12.4. The van der Waals surface area contributed by atoms with E-state index in [1.54, 1.807) is 19.2 Å². The lowest BCUT2D eigenvalue weighted by Crippen LogP contribution is -2.55. The predicted octanol–water partition coefficient (Wildman–Crippen LogP) is 6.79. The van der Waals surface area contributed by atoms with Crippen LogP contribution in [0.1, 0.15) is 60.1 Å². The van der Waals surface area contributed by atoms with Crippen LogP contribution in [0.4, 0.5) is 0 Å². The SMILES string of the molecule is COCc1ccc(C)c(-c2ccc(C(=O)NC3(C(=O)O)CCCCC3)nc2-c2ccc(Cl)c(OCCCN(C)C)c2)c1.Cl. The fourth-order valence-corrected chi connectivity index (χ4v) is 5.56. The number of nitrogens with one attached hydrogen (secondary N) is 1. The Morgan fingerprint density at radius 2 is 1.79 bits per heavy atom. The number of nitrogens with zero attached hydrogens (tertiary/aromatic N) is 2. The maximum absolute atomic E-state index is 13.5. The summed E-state index contributed by atoms with van der Waals surface area (Å²) in [4.78, 5) is 32.7. The smallest absolute Gasteiger partial charge is 0.329 e.